The topological polar surface area (TPSA) is 44.8 Å². The lowest BCUT2D eigenvalue weighted by Crippen LogP contribution is -2.48. The Labute approximate surface area is 165 Å². The number of likely N-dealkylation sites (N-methyl/N-ethyl adjacent to an activating group) is 1. The lowest BCUT2D eigenvalue weighted by molar-refractivity contribution is 0.0883. The molecular formula is C21H26ClN3O2. The van der Waals surface area contributed by atoms with E-state index >= 15 is 0 Å². The number of ether oxygens (including phenoxy) is 1. The van der Waals surface area contributed by atoms with Gasteiger partial charge in [0.2, 0.25) is 0 Å². The lowest BCUT2D eigenvalue weighted by Gasteiger charge is -2.38. The number of amides is 1. The van der Waals surface area contributed by atoms with Crippen molar-refractivity contribution in [2.75, 3.05) is 46.9 Å². The number of rotatable bonds is 6. The SMILES string of the molecule is COc1ccccc1C(=O)NC[C@H](c1ccc(Cl)cc1)N1CCN(C)CC1. The van der Waals surface area contributed by atoms with Crippen LogP contribution in [0, 0.1) is 0 Å². The van der Waals surface area contributed by atoms with Crippen molar-refractivity contribution in [1.82, 2.24) is 15.1 Å². The van der Waals surface area contributed by atoms with Gasteiger partial charge in [0.25, 0.3) is 5.91 Å². The van der Waals surface area contributed by atoms with E-state index in [0.29, 0.717) is 22.9 Å². The minimum atomic E-state index is -0.124. The number of carbonyl (C=O) groups is 1. The van der Waals surface area contributed by atoms with E-state index in [-0.39, 0.29) is 11.9 Å². The fourth-order valence-electron chi connectivity index (χ4n) is 3.39. The summed E-state index contributed by atoms with van der Waals surface area (Å²) in [7, 11) is 3.71. The molecule has 5 nitrogen and oxygen atoms in total. The Bertz CT molecular complexity index is 758. The maximum Gasteiger partial charge on any atom is 0.255 e. The molecule has 1 aliphatic rings. The molecule has 1 amide bonds. The number of halogens is 1. The highest BCUT2D eigenvalue weighted by Gasteiger charge is 2.25. The van der Waals surface area contributed by atoms with Crippen molar-refractivity contribution in [3.8, 4) is 5.75 Å². The average molecular weight is 388 g/mol. The second-order valence-corrected chi connectivity index (χ2v) is 7.25. The van der Waals surface area contributed by atoms with Crippen LogP contribution < -0.4 is 10.1 Å². The van der Waals surface area contributed by atoms with Crippen molar-refractivity contribution in [2.24, 2.45) is 0 Å². The summed E-state index contributed by atoms with van der Waals surface area (Å²) in [6.07, 6.45) is 0. The molecule has 0 spiro atoms. The number of nitrogens with one attached hydrogen (secondary N) is 1. The van der Waals surface area contributed by atoms with Crippen molar-refractivity contribution in [3.63, 3.8) is 0 Å². The monoisotopic (exact) mass is 387 g/mol. The van der Waals surface area contributed by atoms with Gasteiger partial charge in [0.1, 0.15) is 5.75 Å². The first-order chi connectivity index (χ1) is 13.1. The second kappa shape index (κ2) is 9.22. The number of nitrogens with zero attached hydrogens (tertiary/aromatic N) is 2. The van der Waals surface area contributed by atoms with E-state index in [1.165, 1.54) is 0 Å². The van der Waals surface area contributed by atoms with Crippen LogP contribution in [0.15, 0.2) is 48.5 Å². The summed E-state index contributed by atoms with van der Waals surface area (Å²) in [5.41, 5.74) is 1.71. The molecule has 144 valence electrons. The first-order valence-electron chi connectivity index (χ1n) is 9.17. The van der Waals surface area contributed by atoms with E-state index in [4.69, 9.17) is 16.3 Å². The molecule has 0 bridgehead atoms. The third kappa shape index (κ3) is 5.01. The highest BCUT2D eigenvalue weighted by Crippen LogP contribution is 2.24. The molecule has 1 fully saturated rings. The number of hydrogen-bond donors (Lipinski definition) is 1. The highest BCUT2D eigenvalue weighted by atomic mass is 35.5. The van der Waals surface area contributed by atoms with Gasteiger partial charge in [0.15, 0.2) is 0 Å². The quantitative estimate of drug-likeness (QED) is 0.827. The molecule has 27 heavy (non-hydrogen) atoms. The molecule has 3 rings (SSSR count). The molecule has 1 heterocycles. The van der Waals surface area contributed by atoms with Crippen molar-refractivity contribution in [3.05, 3.63) is 64.7 Å². The zero-order chi connectivity index (χ0) is 19.2. The van der Waals surface area contributed by atoms with E-state index < -0.39 is 0 Å². The summed E-state index contributed by atoms with van der Waals surface area (Å²) in [6.45, 7) is 4.50. The van der Waals surface area contributed by atoms with E-state index in [9.17, 15) is 4.79 Å². The molecule has 0 aliphatic carbocycles. The highest BCUT2D eigenvalue weighted by molar-refractivity contribution is 6.30. The van der Waals surface area contributed by atoms with Gasteiger partial charge >= 0.3 is 0 Å². The molecule has 6 heteroatoms. The Balaban J connectivity index is 1.75. The average Bonchev–Trinajstić information content (AvgIpc) is 2.70. The number of para-hydroxylation sites is 1. The van der Waals surface area contributed by atoms with Gasteiger partial charge in [-0.3, -0.25) is 9.69 Å². The van der Waals surface area contributed by atoms with Gasteiger partial charge < -0.3 is 15.0 Å². The Morgan fingerprint density at radius 3 is 2.44 bits per heavy atom. The fourth-order valence-corrected chi connectivity index (χ4v) is 3.52. The molecule has 0 saturated carbocycles. The molecule has 1 atom stereocenters. The van der Waals surface area contributed by atoms with E-state index in [1.54, 1.807) is 19.2 Å². The summed E-state index contributed by atoms with van der Waals surface area (Å²) in [4.78, 5) is 17.5. The zero-order valence-electron chi connectivity index (χ0n) is 15.8. The fraction of sp³-hybridized carbons (Fsp3) is 0.381. The predicted molar refractivity (Wildman–Crippen MR) is 109 cm³/mol. The van der Waals surface area contributed by atoms with Gasteiger partial charge in [-0.05, 0) is 36.9 Å². The Morgan fingerprint density at radius 1 is 1.11 bits per heavy atom. The predicted octanol–water partition coefficient (Wildman–Crippen LogP) is 3.07. The summed E-state index contributed by atoms with van der Waals surface area (Å²) < 4.78 is 5.31. The second-order valence-electron chi connectivity index (χ2n) is 6.82. The number of piperazine rings is 1. The molecule has 0 radical (unpaired) electrons. The zero-order valence-corrected chi connectivity index (χ0v) is 16.6. The molecule has 2 aromatic rings. The van der Waals surface area contributed by atoms with Gasteiger partial charge in [0, 0.05) is 37.7 Å². The smallest absolute Gasteiger partial charge is 0.255 e. The number of carbonyl (C=O) groups excluding carboxylic acids is 1. The van der Waals surface area contributed by atoms with E-state index in [0.717, 1.165) is 31.7 Å². The standard InChI is InChI=1S/C21H26ClN3O2/c1-24-11-13-25(14-12-24)19(16-7-9-17(22)10-8-16)15-23-21(26)18-5-3-4-6-20(18)27-2/h3-10,19H,11-15H2,1-2H3,(H,23,26)/t19-/m1/s1. The molecule has 1 N–H and O–H groups in total. The van der Waals surface area contributed by atoms with Crippen molar-refractivity contribution < 1.29 is 9.53 Å². The van der Waals surface area contributed by atoms with Crippen LogP contribution >= 0.6 is 11.6 Å². The van der Waals surface area contributed by atoms with Crippen molar-refractivity contribution in [2.45, 2.75) is 6.04 Å². The Morgan fingerprint density at radius 2 is 1.78 bits per heavy atom. The number of methoxy groups -OCH3 is 1. The van der Waals surface area contributed by atoms with Gasteiger partial charge in [-0.1, -0.05) is 35.9 Å². The molecule has 0 aromatic heterocycles. The van der Waals surface area contributed by atoms with Gasteiger partial charge in [-0.25, -0.2) is 0 Å². The maximum absolute atomic E-state index is 12.7. The van der Waals surface area contributed by atoms with Crippen LogP contribution in [0.1, 0.15) is 22.0 Å². The van der Waals surface area contributed by atoms with Crippen molar-refractivity contribution >= 4 is 17.5 Å². The van der Waals surface area contributed by atoms with Crippen molar-refractivity contribution in [1.29, 1.82) is 0 Å². The largest absolute Gasteiger partial charge is 0.496 e. The van der Waals surface area contributed by atoms with Crippen LogP contribution in [0.25, 0.3) is 0 Å². The summed E-state index contributed by atoms with van der Waals surface area (Å²) in [5, 5.41) is 3.80. The van der Waals surface area contributed by atoms with Crippen LogP contribution in [0.3, 0.4) is 0 Å². The van der Waals surface area contributed by atoms with Crippen LogP contribution in [0.4, 0.5) is 0 Å². The Kier molecular flexibility index (Phi) is 6.72. The molecule has 1 aliphatic heterocycles. The normalized spacial score (nSPS) is 16.7. The number of hydrogen-bond acceptors (Lipinski definition) is 4. The maximum atomic E-state index is 12.7. The molecular weight excluding hydrogens is 362 g/mol. The molecule has 2 aromatic carbocycles. The summed E-state index contributed by atoms with van der Waals surface area (Å²) >= 11 is 6.06. The third-order valence-corrected chi connectivity index (χ3v) is 5.29. The Hall–Kier alpha value is -2.08. The summed E-state index contributed by atoms with van der Waals surface area (Å²) in [6, 6.07) is 15.3. The van der Waals surface area contributed by atoms with Gasteiger partial charge in [-0.15, -0.1) is 0 Å². The van der Waals surface area contributed by atoms with Crippen LogP contribution in [0.5, 0.6) is 5.75 Å². The summed E-state index contributed by atoms with van der Waals surface area (Å²) in [5.74, 6) is 0.457. The first-order valence-corrected chi connectivity index (χ1v) is 9.55. The van der Waals surface area contributed by atoms with E-state index in [1.807, 2.05) is 36.4 Å². The lowest BCUT2D eigenvalue weighted by atomic mass is 10.0. The number of benzene rings is 2. The molecule has 1 saturated heterocycles. The minimum Gasteiger partial charge on any atom is -0.496 e. The molecule has 0 unspecified atom stereocenters. The minimum absolute atomic E-state index is 0.106. The van der Waals surface area contributed by atoms with Gasteiger partial charge in [-0.2, -0.15) is 0 Å². The van der Waals surface area contributed by atoms with Crippen LogP contribution in [0.2, 0.25) is 5.02 Å². The van der Waals surface area contributed by atoms with Crippen LogP contribution in [-0.4, -0.2) is 62.6 Å². The van der Waals surface area contributed by atoms with Gasteiger partial charge in [0.05, 0.1) is 18.7 Å². The first kappa shape index (κ1) is 19.7. The van der Waals surface area contributed by atoms with Crippen LogP contribution in [-0.2, 0) is 0 Å². The third-order valence-electron chi connectivity index (χ3n) is 5.04. The van der Waals surface area contributed by atoms with E-state index in [2.05, 4.69) is 22.2 Å².